The fourth-order valence-corrected chi connectivity index (χ4v) is 3.20. The van der Waals surface area contributed by atoms with E-state index < -0.39 is 0 Å². The SMILES string of the molecule is CCCC1CCCN(Cc2nnsc2NN)CC1. The fourth-order valence-electron chi connectivity index (χ4n) is 2.71. The third-order valence-corrected chi connectivity index (χ3v) is 4.40. The molecule has 1 aliphatic rings. The van der Waals surface area contributed by atoms with E-state index in [1.165, 1.54) is 56.7 Å². The minimum Gasteiger partial charge on any atom is -0.313 e. The third kappa shape index (κ3) is 3.63. The standard InChI is InChI=1S/C12H23N5S/c1-2-4-10-5-3-7-17(8-6-10)9-11-12(14-13)18-16-15-11/h10,14H,2-9,13H2,1H3. The molecule has 1 saturated heterocycles. The first-order chi connectivity index (χ1) is 8.83. The van der Waals surface area contributed by atoms with Crippen LogP contribution in [0.4, 0.5) is 5.00 Å². The summed E-state index contributed by atoms with van der Waals surface area (Å²) < 4.78 is 3.95. The van der Waals surface area contributed by atoms with E-state index in [1.807, 2.05) is 0 Å². The van der Waals surface area contributed by atoms with Gasteiger partial charge >= 0.3 is 0 Å². The monoisotopic (exact) mass is 269 g/mol. The molecule has 1 fully saturated rings. The van der Waals surface area contributed by atoms with Crippen LogP contribution in [0.5, 0.6) is 0 Å². The molecule has 5 nitrogen and oxygen atoms in total. The van der Waals surface area contributed by atoms with Gasteiger partial charge in [0.2, 0.25) is 0 Å². The lowest BCUT2D eigenvalue weighted by Gasteiger charge is -2.19. The number of hydrogen-bond acceptors (Lipinski definition) is 6. The molecule has 0 radical (unpaired) electrons. The van der Waals surface area contributed by atoms with Crippen LogP contribution in [0.3, 0.4) is 0 Å². The maximum absolute atomic E-state index is 5.45. The van der Waals surface area contributed by atoms with Crippen LogP contribution >= 0.6 is 11.5 Å². The van der Waals surface area contributed by atoms with Gasteiger partial charge in [0.1, 0.15) is 10.7 Å². The number of nitrogens with two attached hydrogens (primary N) is 1. The van der Waals surface area contributed by atoms with Gasteiger partial charge in [-0.3, -0.25) is 4.90 Å². The Morgan fingerprint density at radius 1 is 1.44 bits per heavy atom. The second-order valence-corrected chi connectivity index (χ2v) is 5.81. The Morgan fingerprint density at radius 2 is 2.33 bits per heavy atom. The number of nitrogens with one attached hydrogen (secondary N) is 1. The number of hydrogen-bond donors (Lipinski definition) is 2. The molecule has 102 valence electrons. The number of aromatic nitrogens is 2. The van der Waals surface area contributed by atoms with E-state index in [0.29, 0.717) is 0 Å². The molecule has 2 heterocycles. The average Bonchev–Trinajstić information content (AvgIpc) is 2.71. The first kappa shape index (κ1) is 13.7. The minimum absolute atomic E-state index is 0.870. The molecule has 3 N–H and O–H groups in total. The summed E-state index contributed by atoms with van der Waals surface area (Å²) in [7, 11) is 0. The van der Waals surface area contributed by atoms with Gasteiger partial charge in [0.05, 0.1) is 0 Å². The average molecular weight is 269 g/mol. The van der Waals surface area contributed by atoms with Crippen LogP contribution < -0.4 is 11.3 Å². The van der Waals surface area contributed by atoms with Crippen molar-refractivity contribution in [3.8, 4) is 0 Å². The number of anilines is 1. The number of nitrogen functional groups attached to an aromatic ring is 1. The maximum atomic E-state index is 5.45. The first-order valence-electron chi connectivity index (χ1n) is 6.83. The molecule has 0 amide bonds. The molecule has 1 unspecified atom stereocenters. The summed E-state index contributed by atoms with van der Waals surface area (Å²) in [4.78, 5) is 2.48. The Balaban J connectivity index is 1.87. The van der Waals surface area contributed by atoms with Crippen LogP contribution in [0.15, 0.2) is 0 Å². The zero-order chi connectivity index (χ0) is 12.8. The maximum Gasteiger partial charge on any atom is 0.148 e. The lowest BCUT2D eigenvalue weighted by molar-refractivity contribution is 0.268. The van der Waals surface area contributed by atoms with Crippen LogP contribution in [0.1, 0.15) is 44.7 Å². The third-order valence-electron chi connectivity index (χ3n) is 3.70. The molecule has 1 aromatic rings. The number of rotatable bonds is 5. The van der Waals surface area contributed by atoms with Gasteiger partial charge in [-0.25, -0.2) is 5.84 Å². The molecule has 18 heavy (non-hydrogen) atoms. The van der Waals surface area contributed by atoms with Crippen molar-refractivity contribution >= 4 is 16.5 Å². The van der Waals surface area contributed by atoms with E-state index in [-0.39, 0.29) is 0 Å². The molecule has 0 saturated carbocycles. The lowest BCUT2D eigenvalue weighted by atomic mass is 9.96. The zero-order valence-corrected chi connectivity index (χ0v) is 11.9. The van der Waals surface area contributed by atoms with Crippen LogP contribution in [0.2, 0.25) is 0 Å². The van der Waals surface area contributed by atoms with Gasteiger partial charge in [-0.1, -0.05) is 24.3 Å². The van der Waals surface area contributed by atoms with Crippen molar-refractivity contribution in [3.05, 3.63) is 5.69 Å². The summed E-state index contributed by atoms with van der Waals surface area (Å²) in [5.74, 6) is 6.37. The summed E-state index contributed by atoms with van der Waals surface area (Å²) in [6.07, 6.45) is 6.68. The summed E-state index contributed by atoms with van der Waals surface area (Å²) in [5.41, 5.74) is 3.66. The van der Waals surface area contributed by atoms with Gasteiger partial charge in [0.15, 0.2) is 0 Å². The van der Waals surface area contributed by atoms with Crippen LogP contribution in [-0.2, 0) is 6.54 Å². The van der Waals surface area contributed by atoms with E-state index in [9.17, 15) is 0 Å². The molecule has 1 atom stereocenters. The summed E-state index contributed by atoms with van der Waals surface area (Å²) in [5, 5.41) is 5.04. The van der Waals surface area contributed by atoms with Gasteiger partial charge in [-0.05, 0) is 38.3 Å². The lowest BCUT2D eigenvalue weighted by Crippen LogP contribution is -2.25. The Morgan fingerprint density at radius 3 is 3.11 bits per heavy atom. The molecular weight excluding hydrogens is 246 g/mol. The number of nitrogens with zero attached hydrogens (tertiary/aromatic N) is 3. The van der Waals surface area contributed by atoms with Gasteiger partial charge in [0.25, 0.3) is 0 Å². The smallest absolute Gasteiger partial charge is 0.148 e. The highest BCUT2D eigenvalue weighted by Crippen LogP contribution is 2.24. The first-order valence-corrected chi connectivity index (χ1v) is 7.61. The summed E-state index contributed by atoms with van der Waals surface area (Å²) in [6, 6.07) is 0. The van der Waals surface area contributed by atoms with Crippen molar-refractivity contribution in [1.82, 2.24) is 14.5 Å². The molecule has 0 spiro atoms. The molecule has 0 aliphatic carbocycles. The van der Waals surface area contributed by atoms with Crippen molar-refractivity contribution in [2.75, 3.05) is 18.5 Å². The Bertz CT molecular complexity index is 354. The predicted octanol–water partition coefficient (Wildman–Crippen LogP) is 2.23. The zero-order valence-electron chi connectivity index (χ0n) is 11.1. The fraction of sp³-hybridized carbons (Fsp3) is 0.833. The highest BCUT2D eigenvalue weighted by atomic mass is 32.1. The van der Waals surface area contributed by atoms with E-state index >= 15 is 0 Å². The van der Waals surface area contributed by atoms with E-state index in [4.69, 9.17) is 5.84 Å². The quantitative estimate of drug-likeness (QED) is 0.634. The highest BCUT2D eigenvalue weighted by Gasteiger charge is 2.18. The van der Waals surface area contributed by atoms with Crippen molar-refractivity contribution in [1.29, 1.82) is 0 Å². The van der Waals surface area contributed by atoms with Crippen LogP contribution in [0, 0.1) is 5.92 Å². The van der Waals surface area contributed by atoms with E-state index in [2.05, 4.69) is 26.8 Å². The van der Waals surface area contributed by atoms with Crippen molar-refractivity contribution in [2.24, 2.45) is 11.8 Å². The van der Waals surface area contributed by atoms with Gasteiger partial charge in [0, 0.05) is 18.1 Å². The summed E-state index contributed by atoms with van der Waals surface area (Å²) in [6.45, 7) is 5.49. The van der Waals surface area contributed by atoms with Gasteiger partial charge in [-0.2, -0.15) is 0 Å². The highest BCUT2D eigenvalue weighted by molar-refractivity contribution is 7.10. The van der Waals surface area contributed by atoms with E-state index in [0.717, 1.165) is 23.2 Å². The number of likely N-dealkylation sites (tertiary alicyclic amines) is 1. The van der Waals surface area contributed by atoms with Crippen LogP contribution in [-0.4, -0.2) is 27.6 Å². The molecule has 1 aliphatic heterocycles. The van der Waals surface area contributed by atoms with Crippen LogP contribution in [0.25, 0.3) is 0 Å². The molecule has 2 rings (SSSR count). The topological polar surface area (TPSA) is 67.1 Å². The Hall–Kier alpha value is -0.720. The second kappa shape index (κ2) is 7.01. The molecule has 6 heteroatoms. The second-order valence-electron chi connectivity index (χ2n) is 5.05. The predicted molar refractivity (Wildman–Crippen MR) is 75.2 cm³/mol. The largest absolute Gasteiger partial charge is 0.313 e. The summed E-state index contributed by atoms with van der Waals surface area (Å²) >= 11 is 1.33. The molecule has 0 bridgehead atoms. The number of hydrazine groups is 1. The molecule has 1 aromatic heterocycles. The van der Waals surface area contributed by atoms with E-state index in [1.54, 1.807) is 0 Å². The molecule has 0 aromatic carbocycles. The normalized spacial score (nSPS) is 21.8. The van der Waals surface area contributed by atoms with Crippen molar-refractivity contribution < 1.29 is 0 Å². The minimum atomic E-state index is 0.870. The Kier molecular flexibility index (Phi) is 5.34. The van der Waals surface area contributed by atoms with Gasteiger partial charge in [-0.15, -0.1) is 5.10 Å². The van der Waals surface area contributed by atoms with Crippen molar-refractivity contribution in [3.63, 3.8) is 0 Å². The van der Waals surface area contributed by atoms with Gasteiger partial charge < -0.3 is 5.43 Å². The Labute approximate surface area is 113 Å². The van der Waals surface area contributed by atoms with Crippen molar-refractivity contribution in [2.45, 2.75) is 45.6 Å². The molecular formula is C12H23N5S.